The molecule has 0 fully saturated rings. The van der Waals surface area contributed by atoms with E-state index in [4.69, 9.17) is 5.10 Å². The Hall–Kier alpha value is -3.15. The van der Waals surface area contributed by atoms with Gasteiger partial charge in [0.1, 0.15) is 11.9 Å². The third-order valence-electron chi connectivity index (χ3n) is 6.58. The maximum Gasteiger partial charge on any atom is 0.219 e. The molecule has 0 saturated carbocycles. The van der Waals surface area contributed by atoms with E-state index in [1.165, 1.54) is 23.9 Å². The molecule has 1 aliphatic carbocycles. The summed E-state index contributed by atoms with van der Waals surface area (Å²) < 4.78 is 16.3. The maximum atomic E-state index is 14.5. The highest BCUT2D eigenvalue weighted by molar-refractivity contribution is 7.98. The molecule has 0 saturated heterocycles. The minimum atomic E-state index is -0.735. The highest BCUT2D eigenvalue weighted by atomic mass is 32.2. The fourth-order valence-corrected chi connectivity index (χ4v) is 5.71. The molecular weight excluding hydrogens is 439 g/mol. The first-order chi connectivity index (χ1) is 15.9. The standard InChI is InChI=1S/C25H23FN4O2S/c1-14(31)29-7-6-21-20(13-29)24(16-5-3-4-15(8-16)12-27)28-30(21)25-19-9-17(26)10-23(33-2)18(19)11-22(25)32/h3-5,8-10,22,25,32H,6-7,11,13H2,1-2H3/t22-,25-/m1/s1. The van der Waals surface area contributed by atoms with Gasteiger partial charge in [0.15, 0.2) is 0 Å². The van der Waals surface area contributed by atoms with Crippen LogP contribution in [-0.2, 0) is 24.2 Å². The Morgan fingerprint density at radius 1 is 1.30 bits per heavy atom. The van der Waals surface area contributed by atoms with Gasteiger partial charge in [0, 0.05) is 54.6 Å². The Morgan fingerprint density at radius 3 is 2.85 bits per heavy atom. The van der Waals surface area contributed by atoms with E-state index >= 15 is 0 Å². The molecule has 0 radical (unpaired) electrons. The predicted octanol–water partition coefficient (Wildman–Crippen LogP) is 3.69. The molecule has 2 aliphatic rings. The zero-order chi connectivity index (χ0) is 23.3. The van der Waals surface area contributed by atoms with E-state index in [1.54, 1.807) is 24.0 Å². The lowest BCUT2D eigenvalue weighted by molar-refractivity contribution is -0.129. The van der Waals surface area contributed by atoms with E-state index in [1.807, 2.05) is 23.1 Å². The van der Waals surface area contributed by atoms with Crippen LogP contribution in [0.1, 0.15) is 40.9 Å². The number of nitriles is 1. The van der Waals surface area contributed by atoms with E-state index in [9.17, 15) is 19.6 Å². The lowest BCUT2D eigenvalue weighted by Gasteiger charge is -2.28. The number of hydrogen-bond acceptors (Lipinski definition) is 5. The number of hydrogen-bond donors (Lipinski definition) is 1. The summed E-state index contributed by atoms with van der Waals surface area (Å²) in [5.74, 6) is -0.342. The Kier molecular flexibility index (Phi) is 5.47. The summed E-state index contributed by atoms with van der Waals surface area (Å²) in [6.07, 6.45) is 2.19. The summed E-state index contributed by atoms with van der Waals surface area (Å²) in [5, 5.41) is 25.4. The Balaban J connectivity index is 1.70. The Labute approximate surface area is 195 Å². The third kappa shape index (κ3) is 3.62. The Bertz CT molecular complexity index is 1310. The number of rotatable bonds is 3. The van der Waals surface area contributed by atoms with E-state index in [2.05, 4.69) is 6.07 Å². The van der Waals surface area contributed by atoms with Gasteiger partial charge in [-0.3, -0.25) is 9.48 Å². The van der Waals surface area contributed by atoms with Crippen LogP contribution in [0.5, 0.6) is 0 Å². The van der Waals surface area contributed by atoms with Gasteiger partial charge in [-0.2, -0.15) is 10.4 Å². The first-order valence-corrected chi connectivity index (χ1v) is 12.0. The van der Waals surface area contributed by atoms with Crippen molar-refractivity contribution in [1.29, 1.82) is 5.26 Å². The van der Waals surface area contributed by atoms with Crippen molar-refractivity contribution in [1.82, 2.24) is 14.7 Å². The molecule has 1 aromatic heterocycles. The van der Waals surface area contributed by atoms with Gasteiger partial charge >= 0.3 is 0 Å². The predicted molar refractivity (Wildman–Crippen MR) is 123 cm³/mol. The normalized spacial score (nSPS) is 19.2. The molecule has 8 heteroatoms. The minimum Gasteiger partial charge on any atom is -0.390 e. The quantitative estimate of drug-likeness (QED) is 0.601. The molecule has 1 amide bonds. The average Bonchev–Trinajstić information content (AvgIpc) is 3.34. The molecule has 2 aromatic carbocycles. The topological polar surface area (TPSA) is 82.2 Å². The smallest absolute Gasteiger partial charge is 0.219 e. The van der Waals surface area contributed by atoms with Crippen molar-refractivity contribution < 1.29 is 14.3 Å². The van der Waals surface area contributed by atoms with Crippen LogP contribution >= 0.6 is 11.8 Å². The molecule has 33 heavy (non-hydrogen) atoms. The van der Waals surface area contributed by atoms with Crippen molar-refractivity contribution >= 4 is 17.7 Å². The van der Waals surface area contributed by atoms with Gasteiger partial charge in [0.25, 0.3) is 0 Å². The highest BCUT2D eigenvalue weighted by Gasteiger charge is 2.39. The maximum absolute atomic E-state index is 14.5. The fourth-order valence-electron chi connectivity index (χ4n) is 5.03. The van der Waals surface area contributed by atoms with E-state index < -0.39 is 12.1 Å². The number of aliphatic hydroxyl groups excluding tert-OH is 1. The van der Waals surface area contributed by atoms with Gasteiger partial charge in [-0.05, 0) is 41.6 Å². The molecule has 168 valence electrons. The van der Waals surface area contributed by atoms with Crippen molar-refractivity contribution in [2.45, 2.75) is 43.4 Å². The van der Waals surface area contributed by atoms with E-state index in [0.717, 1.165) is 32.8 Å². The number of halogens is 1. The number of amides is 1. The number of aromatic nitrogens is 2. The van der Waals surface area contributed by atoms with Gasteiger partial charge in [0.05, 0.1) is 23.4 Å². The van der Waals surface area contributed by atoms with Crippen LogP contribution in [0.15, 0.2) is 41.3 Å². The molecule has 2 heterocycles. The summed E-state index contributed by atoms with van der Waals surface area (Å²) in [6.45, 7) is 2.52. The molecule has 5 rings (SSSR count). The van der Waals surface area contributed by atoms with Crippen LogP contribution in [0.3, 0.4) is 0 Å². The van der Waals surface area contributed by atoms with Gasteiger partial charge in [-0.15, -0.1) is 11.8 Å². The van der Waals surface area contributed by atoms with E-state index in [-0.39, 0.29) is 11.7 Å². The summed E-state index contributed by atoms with van der Waals surface area (Å²) in [7, 11) is 0. The molecule has 0 unspecified atom stereocenters. The van der Waals surface area contributed by atoms with Gasteiger partial charge in [-0.1, -0.05) is 12.1 Å². The molecule has 0 spiro atoms. The zero-order valence-corrected chi connectivity index (χ0v) is 19.2. The van der Waals surface area contributed by atoms with Crippen molar-refractivity contribution in [3.63, 3.8) is 0 Å². The zero-order valence-electron chi connectivity index (χ0n) is 18.4. The summed E-state index contributed by atoms with van der Waals surface area (Å²) in [6, 6.07) is 11.9. The monoisotopic (exact) mass is 462 g/mol. The summed E-state index contributed by atoms with van der Waals surface area (Å²) in [5.41, 5.74) is 5.56. The number of carbonyl (C=O) groups excluding carboxylic acids is 1. The largest absolute Gasteiger partial charge is 0.390 e. The van der Waals surface area contributed by atoms with Crippen LogP contribution in [0.25, 0.3) is 11.3 Å². The van der Waals surface area contributed by atoms with Crippen molar-refractivity contribution in [2.75, 3.05) is 12.8 Å². The molecule has 3 aromatic rings. The second-order valence-electron chi connectivity index (χ2n) is 8.49. The van der Waals surface area contributed by atoms with Crippen molar-refractivity contribution in [3.05, 3.63) is 70.2 Å². The lowest BCUT2D eigenvalue weighted by Crippen LogP contribution is -2.35. The molecule has 1 aliphatic heterocycles. The molecule has 1 N–H and O–H groups in total. The number of thioether (sulfide) groups is 1. The Morgan fingerprint density at radius 2 is 2.12 bits per heavy atom. The average molecular weight is 463 g/mol. The van der Waals surface area contributed by atoms with Gasteiger partial charge in [0.2, 0.25) is 5.91 Å². The first-order valence-electron chi connectivity index (χ1n) is 10.8. The molecule has 6 nitrogen and oxygen atoms in total. The second kappa shape index (κ2) is 8.32. The van der Waals surface area contributed by atoms with Crippen LogP contribution in [0.4, 0.5) is 4.39 Å². The van der Waals surface area contributed by atoms with Crippen molar-refractivity contribution in [3.8, 4) is 17.3 Å². The number of aliphatic hydroxyl groups is 1. The molecule has 2 atom stereocenters. The summed E-state index contributed by atoms with van der Waals surface area (Å²) in [4.78, 5) is 14.7. The summed E-state index contributed by atoms with van der Waals surface area (Å²) >= 11 is 1.47. The van der Waals surface area contributed by atoms with Crippen LogP contribution in [0, 0.1) is 17.1 Å². The van der Waals surface area contributed by atoms with Crippen molar-refractivity contribution in [2.24, 2.45) is 0 Å². The van der Waals surface area contributed by atoms with Gasteiger partial charge < -0.3 is 10.0 Å². The number of benzene rings is 2. The number of fused-ring (bicyclic) bond motifs is 2. The second-order valence-corrected chi connectivity index (χ2v) is 9.34. The van der Waals surface area contributed by atoms with Crippen LogP contribution in [0.2, 0.25) is 0 Å². The molecule has 0 bridgehead atoms. The van der Waals surface area contributed by atoms with Crippen LogP contribution in [-0.4, -0.2) is 44.6 Å². The van der Waals surface area contributed by atoms with E-state index in [0.29, 0.717) is 37.2 Å². The fraction of sp³-hybridized carbons (Fsp3) is 0.320. The lowest BCUT2D eigenvalue weighted by atomic mass is 9.99. The SMILES string of the molecule is CSc1cc(F)cc2c1C[C@@H](O)[C@@H]2n1nc(-c2cccc(C#N)c2)c2c1CCN(C(C)=O)C2. The number of nitrogens with zero attached hydrogens (tertiary/aromatic N) is 4. The molecular formula is C25H23FN4O2S. The van der Waals surface area contributed by atoms with Crippen LogP contribution < -0.4 is 0 Å². The van der Waals surface area contributed by atoms with Gasteiger partial charge in [-0.25, -0.2) is 4.39 Å². The first kappa shape index (κ1) is 21.7. The number of carbonyl (C=O) groups is 1. The minimum absolute atomic E-state index is 0.0111. The highest BCUT2D eigenvalue weighted by Crippen LogP contribution is 2.42. The third-order valence-corrected chi connectivity index (χ3v) is 7.39.